The first-order chi connectivity index (χ1) is 23.9. The zero-order chi connectivity index (χ0) is 34.6. The molecular formula is C39H52N2O9. The van der Waals surface area contributed by atoms with Crippen LogP contribution < -0.4 is 10.6 Å². The average Bonchev–Trinajstić information content (AvgIpc) is 3.34. The van der Waals surface area contributed by atoms with Crippen LogP contribution in [0.2, 0.25) is 0 Å². The van der Waals surface area contributed by atoms with E-state index in [9.17, 15) is 19.5 Å². The Morgan fingerprint density at radius 3 is 2.48 bits per heavy atom. The lowest BCUT2D eigenvalue weighted by molar-refractivity contribution is -0.266. The molecule has 9 fully saturated rings. The van der Waals surface area contributed by atoms with Crippen molar-refractivity contribution < 1.29 is 42.9 Å². The van der Waals surface area contributed by atoms with Crippen LogP contribution >= 0.6 is 0 Å². The normalized spacial score (nSPS) is 52.7. The number of hydrogen-bond acceptors (Lipinski definition) is 11. The monoisotopic (exact) mass is 692 g/mol. The molecule has 0 unspecified atom stereocenters. The number of carbonyl (C=O) groups is 3. The minimum Gasteiger partial charge on any atom is -0.469 e. The summed E-state index contributed by atoms with van der Waals surface area (Å²) in [6, 6.07) is 2.53. The molecule has 1 aromatic heterocycles. The number of ether oxygens (including phenoxy) is 4. The van der Waals surface area contributed by atoms with E-state index in [0.717, 1.165) is 49.7 Å². The Bertz CT molecular complexity index is 1630. The van der Waals surface area contributed by atoms with E-state index >= 15 is 0 Å². The molecule has 50 heavy (non-hydrogen) atoms. The van der Waals surface area contributed by atoms with Crippen LogP contribution in [0.1, 0.15) is 96.5 Å². The maximum absolute atomic E-state index is 14.7. The molecule has 10 rings (SSSR count). The van der Waals surface area contributed by atoms with E-state index in [-0.39, 0.29) is 30.2 Å². The van der Waals surface area contributed by atoms with E-state index in [1.54, 1.807) is 6.26 Å². The number of hydrogen-bond donors (Lipinski definition) is 3. The van der Waals surface area contributed by atoms with Gasteiger partial charge in [0.15, 0.2) is 11.9 Å². The van der Waals surface area contributed by atoms with Gasteiger partial charge in [0.2, 0.25) is 0 Å². The summed E-state index contributed by atoms with van der Waals surface area (Å²) in [5, 5.41) is 19.5. The van der Waals surface area contributed by atoms with Crippen molar-refractivity contribution in [2.24, 2.45) is 51.8 Å². The van der Waals surface area contributed by atoms with E-state index in [2.05, 4.69) is 17.6 Å². The fourth-order valence-electron chi connectivity index (χ4n) is 14.4. The summed E-state index contributed by atoms with van der Waals surface area (Å²) < 4.78 is 32.0. The van der Waals surface area contributed by atoms with Gasteiger partial charge in [-0.3, -0.25) is 9.59 Å². The van der Waals surface area contributed by atoms with Crippen molar-refractivity contribution in [3.63, 3.8) is 0 Å². The summed E-state index contributed by atoms with van der Waals surface area (Å²) in [6.45, 7) is 9.98. The average molecular weight is 693 g/mol. The SMILES string of the molecule is CC1(C)O[C@H]2[C@@H]3CC[C@@H]4C[C@@]5(C)[C@H](c6ccoc6CCC6CCC([C@H]7CNCN7)CC6)OC(=O)[C@H]6O[C@]65[C@]5(C)[C@H](O)C(=O)[C@H]1[C@@]2(COC3=O)[C@@H]45. The van der Waals surface area contributed by atoms with Crippen LogP contribution in [0.5, 0.6) is 0 Å². The first-order valence-electron chi connectivity index (χ1n) is 19.3. The highest BCUT2D eigenvalue weighted by Gasteiger charge is 2.92. The molecule has 3 N–H and O–H groups in total. The Morgan fingerprint density at radius 1 is 0.940 bits per heavy atom. The number of esters is 2. The third kappa shape index (κ3) is 3.76. The molecule has 0 amide bonds. The van der Waals surface area contributed by atoms with Gasteiger partial charge in [-0.2, -0.15) is 0 Å². The predicted octanol–water partition coefficient (Wildman–Crippen LogP) is 3.61. The summed E-state index contributed by atoms with van der Waals surface area (Å²) in [6.07, 6.45) is 6.89. The number of cyclic esters (lactones) is 2. The maximum atomic E-state index is 14.7. The van der Waals surface area contributed by atoms with E-state index in [4.69, 9.17) is 23.4 Å². The van der Waals surface area contributed by atoms with Crippen molar-refractivity contribution in [3.05, 3.63) is 23.7 Å². The summed E-state index contributed by atoms with van der Waals surface area (Å²) in [7, 11) is 0. The van der Waals surface area contributed by atoms with E-state index in [1.165, 1.54) is 25.7 Å². The number of Topliss-reactive ketones (excluding diaryl/α,β-unsaturated/α-hetero) is 1. The first kappa shape index (κ1) is 32.3. The van der Waals surface area contributed by atoms with Crippen molar-refractivity contribution in [2.75, 3.05) is 19.8 Å². The van der Waals surface area contributed by atoms with Gasteiger partial charge in [-0.25, -0.2) is 4.79 Å². The molecule has 4 saturated carbocycles. The van der Waals surface area contributed by atoms with Crippen LogP contribution in [0.25, 0.3) is 0 Å². The van der Waals surface area contributed by atoms with Gasteiger partial charge in [0, 0.05) is 47.5 Å². The summed E-state index contributed by atoms with van der Waals surface area (Å²) in [5.74, 6) is -0.201. The van der Waals surface area contributed by atoms with Gasteiger partial charge in [-0.05, 0) is 82.1 Å². The Hall–Kier alpha value is -2.31. The van der Waals surface area contributed by atoms with Crippen LogP contribution in [0.3, 0.4) is 0 Å². The van der Waals surface area contributed by atoms with Crippen LogP contribution in [0.15, 0.2) is 16.7 Å². The largest absolute Gasteiger partial charge is 0.469 e. The quantitative estimate of drug-likeness (QED) is 0.307. The highest BCUT2D eigenvalue weighted by molar-refractivity contribution is 5.92. The van der Waals surface area contributed by atoms with Crippen LogP contribution in [-0.4, -0.2) is 78.2 Å². The number of ketones is 1. The van der Waals surface area contributed by atoms with Crippen molar-refractivity contribution in [3.8, 4) is 0 Å². The summed E-state index contributed by atoms with van der Waals surface area (Å²) >= 11 is 0. The van der Waals surface area contributed by atoms with Crippen molar-refractivity contribution >= 4 is 17.7 Å². The number of carbonyl (C=O) groups excluding carboxylic acids is 3. The van der Waals surface area contributed by atoms with Gasteiger partial charge in [0.05, 0.1) is 29.8 Å². The smallest absolute Gasteiger partial charge is 0.339 e. The number of aliphatic hydroxyl groups is 1. The second-order valence-electron chi connectivity index (χ2n) is 18.5. The molecule has 5 aliphatic heterocycles. The van der Waals surface area contributed by atoms with Gasteiger partial charge in [0.25, 0.3) is 0 Å². The Labute approximate surface area is 293 Å². The molecular weight excluding hydrogens is 640 g/mol. The number of rotatable bonds is 5. The number of aryl methyl sites for hydroxylation is 1. The van der Waals surface area contributed by atoms with Crippen molar-refractivity contribution in [1.82, 2.24) is 10.6 Å². The topological polar surface area (TPSA) is 149 Å². The first-order valence-corrected chi connectivity index (χ1v) is 19.3. The minimum atomic E-state index is -1.38. The third-order valence-corrected chi connectivity index (χ3v) is 16.1. The highest BCUT2D eigenvalue weighted by Crippen LogP contribution is 2.82. The number of aliphatic hydroxyl groups excluding tert-OH is 1. The number of epoxide rings is 1. The maximum Gasteiger partial charge on any atom is 0.339 e. The molecule has 2 spiro atoms. The van der Waals surface area contributed by atoms with Gasteiger partial charge >= 0.3 is 11.9 Å². The Balaban J connectivity index is 1.00. The Morgan fingerprint density at radius 2 is 1.72 bits per heavy atom. The molecule has 5 saturated heterocycles. The van der Waals surface area contributed by atoms with E-state index < -0.39 is 69.7 Å². The fraction of sp³-hybridized carbons (Fsp3) is 0.821. The molecule has 272 valence electrons. The molecule has 1 aromatic rings. The number of furan rings is 1. The van der Waals surface area contributed by atoms with Crippen molar-refractivity contribution in [2.45, 2.75) is 127 Å². The van der Waals surface area contributed by atoms with E-state index in [1.807, 2.05) is 26.8 Å². The molecule has 11 nitrogen and oxygen atoms in total. The van der Waals surface area contributed by atoms with Gasteiger partial charge in [-0.1, -0.05) is 26.7 Å². The van der Waals surface area contributed by atoms with Crippen LogP contribution in [0.4, 0.5) is 0 Å². The van der Waals surface area contributed by atoms with Gasteiger partial charge in [-0.15, -0.1) is 0 Å². The minimum absolute atomic E-state index is 0.0135. The van der Waals surface area contributed by atoms with Gasteiger partial charge in [0.1, 0.15) is 30.2 Å². The molecule has 2 bridgehead atoms. The van der Waals surface area contributed by atoms with E-state index in [0.29, 0.717) is 24.8 Å². The lowest BCUT2D eigenvalue weighted by Crippen LogP contribution is -2.77. The summed E-state index contributed by atoms with van der Waals surface area (Å²) in [5.41, 5.74) is -3.89. The fourth-order valence-corrected chi connectivity index (χ4v) is 14.4. The summed E-state index contributed by atoms with van der Waals surface area (Å²) in [4.78, 5) is 42.0. The zero-order valence-electron chi connectivity index (χ0n) is 29.7. The molecule has 13 atom stereocenters. The van der Waals surface area contributed by atoms with Crippen molar-refractivity contribution in [1.29, 1.82) is 0 Å². The standard InChI is InChI=1S/C39H52N2O9/c1-35(2)28-26(42)29(43)37(4)27-21(10-11-23-31(49-35)38(27,28)17-47-33(23)44)15-36(3)30(48-34(45)32-39(36,37)50-32)22-13-14-46-25(22)12-7-19-5-8-20(9-6-19)24-16-40-18-41-24/h13-14,19-21,23-24,27-32,40-41,43H,5-12,15-18H2,1-4H3/t19?,20?,21-,23+,24-,27+,28-,29-,30+,31+,32-,36+,37+,38-,39-/m1/s1. The highest BCUT2D eigenvalue weighted by atomic mass is 16.7. The van der Waals surface area contributed by atoms with Gasteiger partial charge < -0.3 is 39.1 Å². The lowest BCUT2D eigenvalue weighted by Gasteiger charge is -2.68. The molecule has 4 aliphatic carbocycles. The zero-order valence-corrected chi connectivity index (χ0v) is 29.7. The number of nitrogens with one attached hydrogen (secondary N) is 2. The third-order valence-electron chi connectivity index (χ3n) is 16.1. The second-order valence-corrected chi connectivity index (χ2v) is 18.5. The predicted molar refractivity (Wildman–Crippen MR) is 176 cm³/mol. The van der Waals surface area contributed by atoms with Crippen LogP contribution in [-0.2, 0) is 39.8 Å². The van der Waals surface area contributed by atoms with Crippen LogP contribution in [0, 0.1) is 51.8 Å². The molecule has 11 heteroatoms. The molecule has 6 heterocycles. The second kappa shape index (κ2) is 10.4. The Kier molecular flexibility index (Phi) is 6.75. The molecule has 9 aliphatic rings. The molecule has 0 aromatic carbocycles. The molecule has 0 radical (unpaired) electrons. The lowest BCUT2D eigenvalue weighted by atomic mass is 9.34.